The van der Waals surface area contributed by atoms with Gasteiger partial charge in [0, 0.05) is 0 Å². The van der Waals surface area contributed by atoms with Crippen molar-refractivity contribution in [1.82, 2.24) is 21.3 Å². The van der Waals surface area contributed by atoms with Gasteiger partial charge in [0.1, 0.15) is 0 Å². The molecule has 0 aromatic rings. The van der Waals surface area contributed by atoms with Gasteiger partial charge in [0.15, 0.2) is 0 Å². The van der Waals surface area contributed by atoms with Gasteiger partial charge in [0.05, 0.1) is 26.4 Å². The second-order valence-corrected chi connectivity index (χ2v) is 13.3. The molecule has 0 atom stereocenters. The lowest BCUT2D eigenvalue weighted by Gasteiger charge is -2.32. The highest BCUT2D eigenvalue weighted by Gasteiger charge is 2.35. The molecular formula is C39H84N4O4. The summed E-state index contributed by atoms with van der Waals surface area (Å²) in [4.78, 5) is 0. The topological polar surface area (TPSA) is 85.0 Å². The highest BCUT2D eigenvalue weighted by Crippen LogP contribution is 2.22. The van der Waals surface area contributed by atoms with Crippen molar-refractivity contribution in [2.45, 2.75) is 175 Å². The normalized spacial score (nSPS) is 12.0. The van der Waals surface area contributed by atoms with E-state index in [1.165, 1.54) is 89.9 Å². The molecule has 8 nitrogen and oxygen atoms in total. The molecule has 47 heavy (non-hydrogen) atoms. The molecule has 0 aliphatic carbocycles. The lowest BCUT2D eigenvalue weighted by molar-refractivity contribution is -0.499. The lowest BCUT2D eigenvalue weighted by Crippen LogP contribution is -2.43. The molecule has 0 saturated heterocycles. The molecule has 284 valence electrons. The van der Waals surface area contributed by atoms with Crippen LogP contribution in [0.1, 0.15) is 169 Å². The maximum atomic E-state index is 6.40. The molecule has 8 heteroatoms. The molecule has 0 aromatic carbocycles. The van der Waals surface area contributed by atoms with Crippen LogP contribution in [0.5, 0.6) is 0 Å². The molecule has 0 rings (SSSR count). The molecule has 0 aliphatic rings. The second-order valence-electron chi connectivity index (χ2n) is 13.3. The van der Waals surface area contributed by atoms with Crippen LogP contribution in [0.4, 0.5) is 0 Å². The van der Waals surface area contributed by atoms with E-state index in [4.69, 9.17) is 18.9 Å². The van der Waals surface area contributed by atoms with E-state index in [9.17, 15) is 0 Å². The largest absolute Gasteiger partial charge is 0.412 e. The summed E-state index contributed by atoms with van der Waals surface area (Å²) in [7, 11) is 0. The molecule has 0 unspecified atom stereocenters. The van der Waals surface area contributed by atoms with Gasteiger partial charge in [-0.2, -0.15) is 0 Å². The fourth-order valence-electron chi connectivity index (χ4n) is 5.32. The average Bonchev–Trinajstić information content (AvgIpc) is 3.08. The number of unbranched alkanes of at least 4 members (excludes halogenated alkanes) is 14. The predicted molar refractivity (Wildman–Crippen MR) is 202 cm³/mol. The molecule has 0 spiro atoms. The van der Waals surface area contributed by atoms with E-state index in [-0.39, 0.29) is 0 Å². The van der Waals surface area contributed by atoms with Crippen molar-refractivity contribution < 1.29 is 18.9 Å². The number of hydrogen-bond donors (Lipinski definition) is 4. The Morgan fingerprint density at radius 1 is 0.277 bits per heavy atom. The van der Waals surface area contributed by atoms with Crippen molar-refractivity contribution >= 4 is 0 Å². The molecule has 4 N–H and O–H groups in total. The third-order valence-electron chi connectivity index (χ3n) is 8.37. The lowest BCUT2D eigenvalue weighted by atomic mass is 10.2. The van der Waals surface area contributed by atoms with Crippen LogP contribution >= 0.6 is 0 Å². The Morgan fingerprint density at radius 2 is 0.532 bits per heavy atom. The predicted octanol–water partition coefficient (Wildman–Crippen LogP) is 8.68. The van der Waals surface area contributed by atoms with E-state index in [1.54, 1.807) is 0 Å². The summed E-state index contributed by atoms with van der Waals surface area (Å²) >= 11 is 0. The second kappa shape index (κ2) is 40.1. The molecule has 0 fully saturated rings. The smallest absolute Gasteiger partial charge is 0.317 e. The summed E-state index contributed by atoms with van der Waals surface area (Å²) < 4.78 is 25.6. The molecule has 0 radical (unpaired) electrons. The number of ether oxygens (including phenoxy) is 4. The van der Waals surface area contributed by atoms with Crippen molar-refractivity contribution in [2.24, 2.45) is 0 Å². The zero-order valence-corrected chi connectivity index (χ0v) is 32.2. The Bertz CT molecular complexity index is 525. The minimum absolute atomic E-state index is 0.596. The zero-order chi connectivity index (χ0) is 34.2. The summed E-state index contributed by atoms with van der Waals surface area (Å²) in [5.41, 5.74) is 0. The van der Waals surface area contributed by atoms with Gasteiger partial charge in [-0.05, 0) is 129 Å². The zero-order valence-electron chi connectivity index (χ0n) is 32.2. The maximum Gasteiger partial charge on any atom is 0.412 e. The van der Waals surface area contributed by atoms with Gasteiger partial charge in [0.2, 0.25) is 0 Å². The molecule has 0 aromatic heterocycles. The average molecular weight is 673 g/mol. The fraction of sp³-hybridized carbons (Fsp3) is 1.00. The molecule has 0 saturated carbocycles. The highest BCUT2D eigenvalue weighted by molar-refractivity contribution is 4.55. The molecular weight excluding hydrogens is 588 g/mol. The van der Waals surface area contributed by atoms with Gasteiger partial charge in [-0.3, -0.25) is 0 Å². The first-order valence-corrected chi connectivity index (χ1v) is 20.6. The Morgan fingerprint density at radius 3 is 0.809 bits per heavy atom. The van der Waals surface area contributed by atoms with Gasteiger partial charge < -0.3 is 40.2 Å². The van der Waals surface area contributed by atoms with Gasteiger partial charge in [-0.15, -0.1) is 0 Å². The Hall–Kier alpha value is -0.320. The van der Waals surface area contributed by atoms with Crippen LogP contribution in [-0.2, 0) is 18.9 Å². The van der Waals surface area contributed by atoms with Crippen LogP contribution in [-0.4, -0.2) is 84.9 Å². The molecule has 0 heterocycles. The SMILES string of the molecule is CCCCNCCCCCCOC(OCCCCCCNCCC)(OCCCCCCNCCC)OCCCCCCNCCCC. The Balaban J connectivity index is 4.85. The van der Waals surface area contributed by atoms with Crippen LogP contribution in [0.15, 0.2) is 0 Å². The van der Waals surface area contributed by atoms with Crippen molar-refractivity contribution in [3.05, 3.63) is 0 Å². The number of nitrogens with one attached hydrogen (secondary N) is 4. The van der Waals surface area contributed by atoms with Crippen molar-refractivity contribution in [2.75, 3.05) is 78.8 Å². The van der Waals surface area contributed by atoms with E-state index in [1.807, 2.05) is 0 Å². The quantitative estimate of drug-likeness (QED) is 0.0379. The van der Waals surface area contributed by atoms with Crippen LogP contribution in [0.2, 0.25) is 0 Å². The third-order valence-corrected chi connectivity index (χ3v) is 8.37. The van der Waals surface area contributed by atoms with Gasteiger partial charge in [0.25, 0.3) is 0 Å². The van der Waals surface area contributed by atoms with Crippen molar-refractivity contribution in [1.29, 1.82) is 0 Å². The van der Waals surface area contributed by atoms with Crippen LogP contribution < -0.4 is 21.3 Å². The summed E-state index contributed by atoms with van der Waals surface area (Å²) in [5.74, 6) is 0. The fourth-order valence-corrected chi connectivity index (χ4v) is 5.32. The summed E-state index contributed by atoms with van der Waals surface area (Å²) in [5, 5.41) is 14.1. The van der Waals surface area contributed by atoms with E-state index in [2.05, 4.69) is 49.0 Å². The number of hydrogen-bond acceptors (Lipinski definition) is 8. The molecule has 0 bridgehead atoms. The maximum absolute atomic E-state index is 6.40. The summed E-state index contributed by atoms with van der Waals surface area (Å²) in [6.07, 6.45) is 24.3. The van der Waals surface area contributed by atoms with Crippen LogP contribution in [0.3, 0.4) is 0 Å². The van der Waals surface area contributed by atoms with Gasteiger partial charge in [-0.25, -0.2) is 0 Å². The Labute approximate surface area is 293 Å². The monoisotopic (exact) mass is 673 g/mol. The van der Waals surface area contributed by atoms with Crippen molar-refractivity contribution in [3.63, 3.8) is 0 Å². The third kappa shape index (κ3) is 35.3. The van der Waals surface area contributed by atoms with E-state index in [0.717, 1.165) is 104 Å². The first-order valence-electron chi connectivity index (χ1n) is 20.6. The number of rotatable bonds is 42. The molecule has 0 amide bonds. The minimum atomic E-state index is -1.38. The first-order chi connectivity index (χ1) is 23.2. The minimum Gasteiger partial charge on any atom is -0.317 e. The van der Waals surface area contributed by atoms with E-state index >= 15 is 0 Å². The van der Waals surface area contributed by atoms with Crippen LogP contribution in [0.25, 0.3) is 0 Å². The van der Waals surface area contributed by atoms with Gasteiger partial charge >= 0.3 is 6.16 Å². The standard InChI is InChI=1S/C39H84N4O4/c1-5-9-29-42-33-21-13-17-25-37-46-39(44-35-23-15-11-19-31-40-27-7-3,45-36-24-16-12-20-32-41-28-8-4)47-38-26-18-14-22-34-43-30-10-6-2/h40-43H,5-38H2,1-4H3. The first kappa shape index (κ1) is 46.7. The summed E-state index contributed by atoms with van der Waals surface area (Å²) in [6.45, 7) is 20.2. The van der Waals surface area contributed by atoms with Crippen LogP contribution in [0, 0.1) is 0 Å². The van der Waals surface area contributed by atoms with Crippen molar-refractivity contribution in [3.8, 4) is 0 Å². The van der Waals surface area contributed by atoms with E-state index < -0.39 is 6.16 Å². The summed E-state index contributed by atoms with van der Waals surface area (Å²) in [6, 6.07) is 0. The highest BCUT2D eigenvalue weighted by atomic mass is 17.0. The van der Waals surface area contributed by atoms with E-state index in [0.29, 0.717) is 26.4 Å². The van der Waals surface area contributed by atoms with Gasteiger partial charge in [-0.1, -0.05) is 91.9 Å². The Kier molecular flexibility index (Phi) is 39.8. The molecule has 0 aliphatic heterocycles.